The minimum Gasteiger partial charge on any atom is -0.370 e. The maximum absolute atomic E-state index is 11.9. The number of carbonyl (C=O) groups excluding carboxylic acids is 1. The molecule has 94 valence electrons. The van der Waals surface area contributed by atoms with Crippen molar-refractivity contribution in [2.24, 2.45) is 5.73 Å². The van der Waals surface area contributed by atoms with Crippen molar-refractivity contribution in [2.75, 3.05) is 33.7 Å². The Morgan fingerprint density at radius 1 is 1.56 bits per heavy atom. The highest BCUT2D eigenvalue weighted by atomic mass is 32.2. The van der Waals surface area contributed by atoms with E-state index >= 15 is 0 Å². The van der Waals surface area contributed by atoms with Crippen LogP contribution in [0, 0.1) is 0 Å². The Morgan fingerprint density at radius 2 is 2.19 bits per heavy atom. The maximum Gasteiger partial charge on any atom is 0.281 e. The molecule has 1 fully saturated rings. The van der Waals surface area contributed by atoms with E-state index in [0.717, 1.165) is 4.31 Å². The molecule has 1 amide bonds. The van der Waals surface area contributed by atoms with E-state index in [4.69, 9.17) is 5.73 Å². The molecular weight excluding hydrogens is 232 g/mol. The molecule has 16 heavy (non-hydrogen) atoms. The number of hydrogen-bond donors (Lipinski definition) is 2. The van der Waals surface area contributed by atoms with Crippen molar-refractivity contribution in [3.05, 3.63) is 0 Å². The molecule has 1 unspecified atom stereocenters. The van der Waals surface area contributed by atoms with Crippen LogP contribution in [-0.2, 0) is 15.0 Å². The second-order valence-corrected chi connectivity index (χ2v) is 6.02. The first-order chi connectivity index (χ1) is 7.35. The summed E-state index contributed by atoms with van der Waals surface area (Å²) in [6.45, 7) is 1.40. The number of primary amides is 1. The van der Waals surface area contributed by atoms with Crippen LogP contribution in [0.1, 0.15) is 6.42 Å². The third-order valence-electron chi connectivity index (χ3n) is 2.49. The summed E-state index contributed by atoms with van der Waals surface area (Å²) in [4.78, 5) is 10.9. The quantitative estimate of drug-likeness (QED) is 0.600. The van der Waals surface area contributed by atoms with E-state index in [2.05, 4.69) is 5.32 Å². The van der Waals surface area contributed by atoms with Gasteiger partial charge >= 0.3 is 0 Å². The molecule has 8 heteroatoms. The van der Waals surface area contributed by atoms with E-state index in [9.17, 15) is 13.2 Å². The molecule has 1 saturated heterocycles. The van der Waals surface area contributed by atoms with Crippen molar-refractivity contribution in [3.63, 3.8) is 0 Å². The monoisotopic (exact) mass is 250 g/mol. The Kier molecular flexibility index (Phi) is 4.25. The van der Waals surface area contributed by atoms with E-state index in [1.54, 1.807) is 0 Å². The second kappa shape index (κ2) is 5.09. The second-order valence-electron chi connectivity index (χ2n) is 3.93. The van der Waals surface area contributed by atoms with E-state index in [1.807, 2.05) is 0 Å². The zero-order valence-corrected chi connectivity index (χ0v) is 10.3. The van der Waals surface area contributed by atoms with Gasteiger partial charge in [-0.2, -0.15) is 17.0 Å². The molecule has 1 atom stereocenters. The van der Waals surface area contributed by atoms with E-state index in [-0.39, 0.29) is 6.42 Å². The molecule has 0 aromatic rings. The Hall–Kier alpha value is -0.700. The Bertz CT molecular complexity index is 354. The highest BCUT2D eigenvalue weighted by Crippen LogP contribution is 2.14. The van der Waals surface area contributed by atoms with Gasteiger partial charge in [-0.05, 0) is 0 Å². The fourth-order valence-corrected chi connectivity index (χ4v) is 2.93. The number of piperazine rings is 1. The standard InChI is InChI=1S/C8H18N4O3S/c1-11(2)16(14,15)12-4-3-10-6-7(12)5-8(9)13/h7,10H,3-6H2,1-2H3,(H2,9,13). The number of nitrogens with two attached hydrogens (primary N) is 1. The first kappa shape index (κ1) is 13.4. The van der Waals surface area contributed by atoms with Gasteiger partial charge in [0, 0.05) is 46.2 Å². The maximum atomic E-state index is 11.9. The Morgan fingerprint density at radius 3 is 2.69 bits per heavy atom. The average molecular weight is 250 g/mol. The molecule has 1 aliphatic rings. The normalized spacial score (nSPS) is 23.6. The molecular formula is C8H18N4O3S. The van der Waals surface area contributed by atoms with E-state index in [1.165, 1.54) is 18.4 Å². The first-order valence-corrected chi connectivity index (χ1v) is 6.43. The summed E-state index contributed by atoms with van der Waals surface area (Å²) < 4.78 is 26.4. The zero-order valence-electron chi connectivity index (χ0n) is 9.51. The van der Waals surface area contributed by atoms with Crippen molar-refractivity contribution in [3.8, 4) is 0 Å². The molecule has 3 N–H and O–H groups in total. The van der Waals surface area contributed by atoms with Gasteiger partial charge in [0.25, 0.3) is 10.2 Å². The predicted octanol–water partition coefficient (Wildman–Crippen LogP) is -2.06. The average Bonchev–Trinajstić information content (AvgIpc) is 2.17. The fourth-order valence-electron chi connectivity index (χ4n) is 1.66. The van der Waals surface area contributed by atoms with Crippen molar-refractivity contribution in [1.29, 1.82) is 0 Å². The minimum absolute atomic E-state index is 0.0417. The minimum atomic E-state index is -3.48. The van der Waals surface area contributed by atoms with Crippen LogP contribution in [0.3, 0.4) is 0 Å². The summed E-state index contributed by atoms with van der Waals surface area (Å²) in [6.07, 6.45) is 0.0417. The summed E-state index contributed by atoms with van der Waals surface area (Å²) in [5.41, 5.74) is 5.10. The molecule has 0 radical (unpaired) electrons. The summed E-state index contributed by atoms with van der Waals surface area (Å²) in [5, 5.41) is 3.05. The van der Waals surface area contributed by atoms with Gasteiger partial charge in [0.05, 0.1) is 0 Å². The molecule has 1 heterocycles. The lowest BCUT2D eigenvalue weighted by Gasteiger charge is -2.35. The van der Waals surface area contributed by atoms with E-state index in [0.29, 0.717) is 19.6 Å². The molecule has 1 aliphatic heterocycles. The van der Waals surface area contributed by atoms with Crippen LogP contribution in [0.5, 0.6) is 0 Å². The van der Waals surface area contributed by atoms with Crippen LogP contribution in [-0.4, -0.2) is 62.7 Å². The van der Waals surface area contributed by atoms with Gasteiger partial charge in [-0.3, -0.25) is 4.79 Å². The van der Waals surface area contributed by atoms with Crippen LogP contribution in [0.4, 0.5) is 0 Å². The van der Waals surface area contributed by atoms with Gasteiger partial charge in [-0.1, -0.05) is 0 Å². The van der Waals surface area contributed by atoms with Crippen LogP contribution in [0.2, 0.25) is 0 Å². The van der Waals surface area contributed by atoms with Gasteiger partial charge in [0.1, 0.15) is 0 Å². The Labute approximate surface area is 95.8 Å². The van der Waals surface area contributed by atoms with Crippen LogP contribution < -0.4 is 11.1 Å². The summed E-state index contributed by atoms with van der Waals surface area (Å²) in [5.74, 6) is -0.493. The molecule has 0 bridgehead atoms. The van der Waals surface area contributed by atoms with Gasteiger partial charge in [0.15, 0.2) is 0 Å². The smallest absolute Gasteiger partial charge is 0.281 e. The number of nitrogens with zero attached hydrogens (tertiary/aromatic N) is 2. The van der Waals surface area contributed by atoms with Crippen molar-refractivity contribution in [1.82, 2.24) is 13.9 Å². The summed E-state index contributed by atoms with van der Waals surface area (Å²) in [7, 11) is -0.534. The fraction of sp³-hybridized carbons (Fsp3) is 0.875. The molecule has 1 rings (SSSR count). The molecule has 0 aliphatic carbocycles. The lowest BCUT2D eigenvalue weighted by Crippen LogP contribution is -2.57. The first-order valence-electron chi connectivity index (χ1n) is 5.04. The molecule has 7 nitrogen and oxygen atoms in total. The molecule has 0 aromatic carbocycles. The lowest BCUT2D eigenvalue weighted by atomic mass is 10.1. The predicted molar refractivity (Wildman–Crippen MR) is 59.8 cm³/mol. The van der Waals surface area contributed by atoms with Gasteiger partial charge in [-0.15, -0.1) is 0 Å². The number of amides is 1. The number of hydrogen-bond acceptors (Lipinski definition) is 4. The zero-order chi connectivity index (χ0) is 12.3. The third kappa shape index (κ3) is 2.91. The van der Waals surface area contributed by atoms with Gasteiger partial charge in [-0.25, -0.2) is 0 Å². The highest BCUT2D eigenvalue weighted by molar-refractivity contribution is 7.86. The molecule has 0 saturated carbocycles. The van der Waals surface area contributed by atoms with Crippen molar-refractivity contribution >= 4 is 16.1 Å². The largest absolute Gasteiger partial charge is 0.370 e. The summed E-state index contributed by atoms with van der Waals surface area (Å²) in [6, 6.07) is -0.390. The molecule has 0 spiro atoms. The number of carbonyl (C=O) groups is 1. The van der Waals surface area contributed by atoms with Crippen molar-refractivity contribution < 1.29 is 13.2 Å². The van der Waals surface area contributed by atoms with Crippen LogP contribution in [0.15, 0.2) is 0 Å². The van der Waals surface area contributed by atoms with Crippen LogP contribution in [0.25, 0.3) is 0 Å². The van der Waals surface area contributed by atoms with Gasteiger partial charge < -0.3 is 11.1 Å². The van der Waals surface area contributed by atoms with Gasteiger partial charge in [0.2, 0.25) is 5.91 Å². The highest BCUT2D eigenvalue weighted by Gasteiger charge is 2.34. The Balaban J connectivity index is 2.86. The van der Waals surface area contributed by atoms with Crippen LogP contribution >= 0.6 is 0 Å². The summed E-state index contributed by atoms with van der Waals surface area (Å²) >= 11 is 0. The topological polar surface area (TPSA) is 95.7 Å². The number of nitrogens with one attached hydrogen (secondary N) is 1. The SMILES string of the molecule is CN(C)S(=O)(=O)N1CCNCC1CC(N)=O. The third-order valence-corrected chi connectivity index (χ3v) is 4.49. The van der Waals surface area contributed by atoms with Crippen molar-refractivity contribution in [2.45, 2.75) is 12.5 Å². The lowest BCUT2D eigenvalue weighted by molar-refractivity contribution is -0.118. The number of rotatable bonds is 4. The molecule has 0 aromatic heterocycles. The van der Waals surface area contributed by atoms with E-state index < -0.39 is 22.2 Å².